The first-order valence-corrected chi connectivity index (χ1v) is 9.08. The number of rotatable bonds is 3. The fourth-order valence-corrected chi connectivity index (χ4v) is 3.09. The molecule has 144 valence electrons. The fraction of sp³-hybridized carbons (Fsp3) is 0.238. The number of pyridine rings is 1. The lowest BCUT2D eigenvalue weighted by Gasteiger charge is -2.26. The topological polar surface area (TPSA) is 96.5 Å². The van der Waals surface area contributed by atoms with Crippen LogP contribution in [0.3, 0.4) is 0 Å². The first-order chi connectivity index (χ1) is 13.7. The van der Waals surface area contributed by atoms with Gasteiger partial charge in [-0.25, -0.2) is 0 Å². The molecule has 7 heteroatoms. The lowest BCUT2D eigenvalue weighted by molar-refractivity contribution is -0.122. The van der Waals surface area contributed by atoms with Crippen molar-refractivity contribution in [3.63, 3.8) is 0 Å². The van der Waals surface area contributed by atoms with E-state index < -0.39 is 0 Å². The number of amides is 1. The lowest BCUT2D eigenvalue weighted by Crippen LogP contribution is -2.35. The van der Waals surface area contributed by atoms with E-state index in [1.54, 1.807) is 6.20 Å². The summed E-state index contributed by atoms with van der Waals surface area (Å²) in [4.78, 5) is 27.1. The van der Waals surface area contributed by atoms with E-state index in [0.29, 0.717) is 17.0 Å². The Morgan fingerprint density at radius 3 is 2.39 bits per heavy atom. The Morgan fingerprint density at radius 1 is 1.04 bits per heavy atom. The minimum atomic E-state index is -0.250. The molecule has 0 unspecified atom stereocenters. The molecule has 28 heavy (non-hydrogen) atoms. The third-order valence-corrected chi connectivity index (χ3v) is 4.49. The van der Waals surface area contributed by atoms with Crippen LogP contribution in [0.5, 0.6) is 0 Å². The minimum absolute atomic E-state index is 0.0568. The van der Waals surface area contributed by atoms with Gasteiger partial charge < -0.3 is 14.5 Å². The van der Waals surface area contributed by atoms with Gasteiger partial charge in [-0.1, -0.05) is 35.5 Å². The average Bonchev–Trinajstić information content (AvgIpc) is 3.26. The van der Waals surface area contributed by atoms with E-state index >= 15 is 0 Å². The highest BCUT2D eigenvalue weighted by Gasteiger charge is 2.19. The molecule has 1 amide bonds. The second-order valence-electron chi connectivity index (χ2n) is 6.33. The third kappa shape index (κ3) is 4.62. The van der Waals surface area contributed by atoms with Crippen molar-refractivity contribution in [3.05, 3.63) is 60.3 Å². The van der Waals surface area contributed by atoms with E-state index in [1.807, 2.05) is 53.4 Å². The summed E-state index contributed by atoms with van der Waals surface area (Å²) in [5, 5.41) is 11.0. The molecule has 7 nitrogen and oxygen atoms in total. The summed E-state index contributed by atoms with van der Waals surface area (Å²) in [5.74, 6) is 0.650. The van der Waals surface area contributed by atoms with Gasteiger partial charge in [0.25, 0.3) is 12.4 Å². The van der Waals surface area contributed by atoms with E-state index in [1.165, 1.54) is 6.42 Å². The summed E-state index contributed by atoms with van der Waals surface area (Å²) >= 11 is 0. The van der Waals surface area contributed by atoms with Crippen molar-refractivity contribution in [3.8, 4) is 22.7 Å². The summed E-state index contributed by atoms with van der Waals surface area (Å²) in [7, 11) is 0. The molecule has 0 aliphatic carbocycles. The third-order valence-electron chi connectivity index (χ3n) is 4.49. The van der Waals surface area contributed by atoms with Gasteiger partial charge in [0.05, 0.1) is 5.56 Å². The summed E-state index contributed by atoms with van der Waals surface area (Å²) in [6, 6.07) is 15.3. The van der Waals surface area contributed by atoms with Crippen LogP contribution >= 0.6 is 0 Å². The maximum Gasteiger partial charge on any atom is 0.290 e. The SMILES string of the molecule is O=C(c1ccc(-c2cc(-c3ccccc3)no2)nc1)N1CCCCC1.O=CO. The van der Waals surface area contributed by atoms with Crippen molar-refractivity contribution in [1.29, 1.82) is 0 Å². The number of carbonyl (C=O) groups excluding carboxylic acids is 1. The highest BCUT2D eigenvalue weighted by atomic mass is 16.5. The molecule has 3 heterocycles. The minimum Gasteiger partial charge on any atom is -0.483 e. The standard InChI is InChI=1S/C20H19N3O2.CH2O2/c24-20(23-11-5-2-6-12-23)16-9-10-17(21-14-16)19-13-18(22-25-19)15-7-3-1-4-8-15;2-1-3/h1,3-4,7-10,13-14H,2,5-6,11-12H2;1H,(H,2,3). The zero-order valence-corrected chi connectivity index (χ0v) is 15.3. The molecule has 1 aromatic carbocycles. The molecule has 0 saturated carbocycles. The molecule has 1 aliphatic heterocycles. The van der Waals surface area contributed by atoms with Gasteiger partial charge >= 0.3 is 0 Å². The van der Waals surface area contributed by atoms with E-state index in [0.717, 1.165) is 37.2 Å². The van der Waals surface area contributed by atoms with Crippen molar-refractivity contribution in [2.24, 2.45) is 0 Å². The molecular weight excluding hydrogens is 358 g/mol. The maximum atomic E-state index is 12.5. The van der Waals surface area contributed by atoms with Gasteiger partial charge in [-0.15, -0.1) is 0 Å². The van der Waals surface area contributed by atoms with Gasteiger partial charge in [0.2, 0.25) is 0 Å². The smallest absolute Gasteiger partial charge is 0.290 e. The average molecular weight is 379 g/mol. The first-order valence-electron chi connectivity index (χ1n) is 9.08. The molecule has 1 N–H and O–H groups in total. The van der Waals surface area contributed by atoms with Crippen molar-refractivity contribution >= 4 is 12.4 Å². The van der Waals surface area contributed by atoms with E-state index in [9.17, 15) is 4.79 Å². The summed E-state index contributed by atoms with van der Waals surface area (Å²) < 4.78 is 5.41. The number of carbonyl (C=O) groups is 2. The van der Waals surface area contributed by atoms with Crippen LogP contribution in [0, 0.1) is 0 Å². The molecule has 1 fully saturated rings. The van der Waals surface area contributed by atoms with Crippen LogP contribution in [0.1, 0.15) is 29.6 Å². The zero-order valence-electron chi connectivity index (χ0n) is 15.3. The number of hydrogen-bond acceptors (Lipinski definition) is 5. The van der Waals surface area contributed by atoms with Crippen LogP contribution in [0.2, 0.25) is 0 Å². The van der Waals surface area contributed by atoms with Crippen molar-refractivity contribution < 1.29 is 19.2 Å². The van der Waals surface area contributed by atoms with Crippen LogP contribution in [-0.4, -0.2) is 45.6 Å². The Bertz CT molecular complexity index is 901. The van der Waals surface area contributed by atoms with Gasteiger partial charge in [0.15, 0.2) is 5.76 Å². The number of piperidine rings is 1. The first kappa shape index (κ1) is 19.3. The number of hydrogen-bond donors (Lipinski definition) is 1. The van der Waals surface area contributed by atoms with Gasteiger partial charge in [0.1, 0.15) is 11.4 Å². The molecule has 1 saturated heterocycles. The van der Waals surface area contributed by atoms with Crippen molar-refractivity contribution in [2.45, 2.75) is 19.3 Å². The number of benzene rings is 1. The predicted octanol–water partition coefficient (Wildman–Crippen LogP) is 3.73. The fourth-order valence-electron chi connectivity index (χ4n) is 3.09. The second kappa shape index (κ2) is 9.45. The van der Waals surface area contributed by atoms with Gasteiger partial charge in [-0.3, -0.25) is 14.6 Å². The van der Waals surface area contributed by atoms with E-state index in [2.05, 4.69) is 10.1 Å². The molecule has 4 rings (SSSR count). The van der Waals surface area contributed by atoms with Crippen LogP contribution in [0.15, 0.2) is 59.3 Å². The number of likely N-dealkylation sites (tertiary alicyclic amines) is 1. The molecule has 2 aromatic heterocycles. The van der Waals surface area contributed by atoms with E-state index in [-0.39, 0.29) is 12.4 Å². The van der Waals surface area contributed by atoms with Crippen LogP contribution in [0.25, 0.3) is 22.7 Å². The molecule has 0 atom stereocenters. The molecule has 0 bridgehead atoms. The van der Waals surface area contributed by atoms with Gasteiger partial charge in [-0.2, -0.15) is 0 Å². The Hall–Kier alpha value is -3.48. The maximum absolute atomic E-state index is 12.5. The number of aromatic nitrogens is 2. The predicted molar refractivity (Wildman–Crippen MR) is 104 cm³/mol. The molecule has 0 spiro atoms. The Morgan fingerprint density at radius 2 is 1.75 bits per heavy atom. The monoisotopic (exact) mass is 379 g/mol. The number of nitrogens with zero attached hydrogens (tertiary/aromatic N) is 3. The summed E-state index contributed by atoms with van der Waals surface area (Å²) in [5.41, 5.74) is 3.05. The second-order valence-corrected chi connectivity index (χ2v) is 6.33. The molecule has 0 radical (unpaired) electrons. The largest absolute Gasteiger partial charge is 0.483 e. The Kier molecular flexibility index (Phi) is 6.51. The van der Waals surface area contributed by atoms with E-state index in [4.69, 9.17) is 14.4 Å². The van der Waals surface area contributed by atoms with Crippen LogP contribution < -0.4 is 0 Å². The highest BCUT2D eigenvalue weighted by Crippen LogP contribution is 2.25. The number of carboxylic acid groups (broad SMARTS) is 1. The molecule has 1 aliphatic rings. The van der Waals surface area contributed by atoms with Crippen molar-refractivity contribution in [2.75, 3.05) is 13.1 Å². The Balaban J connectivity index is 0.000000706. The summed E-state index contributed by atoms with van der Waals surface area (Å²) in [6.07, 6.45) is 4.99. The zero-order chi connectivity index (χ0) is 19.8. The van der Waals surface area contributed by atoms with Gasteiger partial charge in [0, 0.05) is 30.9 Å². The Labute approximate surface area is 162 Å². The quantitative estimate of drug-likeness (QED) is 0.697. The van der Waals surface area contributed by atoms with Crippen LogP contribution in [0.4, 0.5) is 0 Å². The normalized spacial score (nSPS) is 13.4. The van der Waals surface area contributed by atoms with Crippen molar-refractivity contribution in [1.82, 2.24) is 15.0 Å². The lowest BCUT2D eigenvalue weighted by atomic mass is 10.1. The summed E-state index contributed by atoms with van der Waals surface area (Å²) in [6.45, 7) is 1.42. The molecular formula is C21H21N3O4. The highest BCUT2D eigenvalue weighted by molar-refractivity contribution is 5.94. The van der Waals surface area contributed by atoms with Gasteiger partial charge in [-0.05, 0) is 31.4 Å². The molecule has 3 aromatic rings. The van der Waals surface area contributed by atoms with Crippen LogP contribution in [-0.2, 0) is 4.79 Å².